The summed E-state index contributed by atoms with van der Waals surface area (Å²) in [5, 5.41) is 0.104. The highest BCUT2D eigenvalue weighted by atomic mass is 28.4. The number of nitrogens with zero attached hydrogens (tertiary/aromatic N) is 1. The molecule has 0 radical (unpaired) electrons. The lowest BCUT2D eigenvalue weighted by Crippen LogP contribution is -2.46. The van der Waals surface area contributed by atoms with Crippen LogP contribution in [0.25, 0.3) is 0 Å². The zero-order valence-electron chi connectivity index (χ0n) is 15.3. The number of ketones is 1. The highest BCUT2D eigenvalue weighted by molar-refractivity contribution is 6.74. The summed E-state index contributed by atoms with van der Waals surface area (Å²) < 4.78 is 11.6. The molecule has 0 bridgehead atoms. The van der Waals surface area contributed by atoms with Gasteiger partial charge in [-0.05, 0) is 38.9 Å². The summed E-state index contributed by atoms with van der Waals surface area (Å²) in [7, 11) is -1.90. The van der Waals surface area contributed by atoms with Crippen molar-refractivity contribution < 1.29 is 18.8 Å². The van der Waals surface area contributed by atoms with Crippen LogP contribution in [0, 0.1) is 0 Å². The monoisotopic (exact) mass is 329 g/mol. The Morgan fingerprint density at radius 3 is 2.23 bits per heavy atom. The number of carbonyl (C=O) groups excluding carboxylic acids is 2. The Bertz CT molecular complexity index is 434. The normalized spacial score (nSPS) is 20.5. The fourth-order valence-electron chi connectivity index (χ4n) is 1.96. The lowest BCUT2D eigenvalue weighted by atomic mass is 10.2. The van der Waals surface area contributed by atoms with Gasteiger partial charge in [-0.3, -0.25) is 9.69 Å². The van der Waals surface area contributed by atoms with Crippen LogP contribution in [-0.4, -0.2) is 49.9 Å². The molecule has 1 amide bonds. The molecule has 128 valence electrons. The molecule has 22 heavy (non-hydrogen) atoms. The number of rotatable bonds is 3. The van der Waals surface area contributed by atoms with Crippen molar-refractivity contribution in [3.05, 3.63) is 0 Å². The van der Waals surface area contributed by atoms with Crippen LogP contribution in [0.15, 0.2) is 0 Å². The first-order valence-electron chi connectivity index (χ1n) is 7.88. The molecule has 6 heteroatoms. The SMILES string of the molecule is CC(C)(C)OC(=O)N1CC(=O)CC1CO[Si](C)(C)C(C)(C)C. The van der Waals surface area contributed by atoms with Crippen molar-refractivity contribution >= 4 is 20.2 Å². The minimum atomic E-state index is -1.90. The van der Waals surface area contributed by atoms with Crippen LogP contribution in [-0.2, 0) is 14.0 Å². The van der Waals surface area contributed by atoms with E-state index in [4.69, 9.17) is 9.16 Å². The largest absolute Gasteiger partial charge is 0.444 e. The van der Waals surface area contributed by atoms with E-state index in [1.807, 2.05) is 20.8 Å². The first-order chi connectivity index (χ1) is 9.73. The van der Waals surface area contributed by atoms with Crippen LogP contribution in [0.5, 0.6) is 0 Å². The summed E-state index contributed by atoms with van der Waals surface area (Å²) in [6.45, 7) is 16.9. The van der Waals surface area contributed by atoms with E-state index in [9.17, 15) is 9.59 Å². The van der Waals surface area contributed by atoms with Gasteiger partial charge in [-0.2, -0.15) is 0 Å². The highest BCUT2D eigenvalue weighted by Crippen LogP contribution is 2.37. The van der Waals surface area contributed by atoms with Gasteiger partial charge in [0.2, 0.25) is 0 Å². The van der Waals surface area contributed by atoms with Crippen LogP contribution < -0.4 is 0 Å². The average Bonchev–Trinajstić information content (AvgIpc) is 2.64. The standard InChI is InChI=1S/C16H31NO4Si/c1-15(2,3)21-14(19)17-10-13(18)9-12(17)11-20-22(7,8)16(4,5)6/h12H,9-11H2,1-8H3. The maximum Gasteiger partial charge on any atom is 0.411 e. The number of hydrogen-bond acceptors (Lipinski definition) is 4. The molecule has 1 unspecified atom stereocenters. The summed E-state index contributed by atoms with van der Waals surface area (Å²) in [5.74, 6) is 0.0645. The van der Waals surface area contributed by atoms with Gasteiger partial charge in [0.25, 0.3) is 0 Å². The fraction of sp³-hybridized carbons (Fsp3) is 0.875. The van der Waals surface area contributed by atoms with E-state index >= 15 is 0 Å². The number of hydrogen-bond donors (Lipinski definition) is 0. The second-order valence-corrected chi connectivity index (χ2v) is 13.4. The zero-order chi connectivity index (χ0) is 17.3. The Balaban J connectivity index is 2.72. The molecule has 1 aliphatic heterocycles. The highest BCUT2D eigenvalue weighted by Gasteiger charge is 2.41. The fourth-order valence-corrected chi connectivity index (χ4v) is 3.00. The number of likely N-dealkylation sites (tertiary alicyclic amines) is 1. The van der Waals surface area contributed by atoms with Gasteiger partial charge in [-0.1, -0.05) is 20.8 Å². The van der Waals surface area contributed by atoms with Crippen LogP contribution in [0.3, 0.4) is 0 Å². The number of Topliss-reactive ketones (excluding diaryl/α,β-unsaturated/α-hetero) is 1. The van der Waals surface area contributed by atoms with E-state index in [0.717, 1.165) is 0 Å². The third kappa shape index (κ3) is 5.09. The van der Waals surface area contributed by atoms with Crippen LogP contribution >= 0.6 is 0 Å². The van der Waals surface area contributed by atoms with Crippen LogP contribution in [0.2, 0.25) is 18.1 Å². The minimum absolute atomic E-state index is 0.0645. The van der Waals surface area contributed by atoms with Crippen LogP contribution in [0.1, 0.15) is 48.0 Å². The molecule has 5 nitrogen and oxygen atoms in total. The molecule has 1 fully saturated rings. The van der Waals surface area contributed by atoms with Crippen molar-refractivity contribution in [3.8, 4) is 0 Å². The molecule has 0 aliphatic carbocycles. The molecule has 0 aromatic rings. The van der Waals surface area contributed by atoms with E-state index in [0.29, 0.717) is 13.0 Å². The minimum Gasteiger partial charge on any atom is -0.444 e. The predicted molar refractivity (Wildman–Crippen MR) is 89.5 cm³/mol. The van der Waals surface area contributed by atoms with Gasteiger partial charge >= 0.3 is 6.09 Å². The molecule has 1 aliphatic rings. The summed E-state index contributed by atoms with van der Waals surface area (Å²) in [6.07, 6.45) is -0.0735. The molecule has 1 rings (SSSR count). The van der Waals surface area contributed by atoms with Crippen molar-refractivity contribution in [1.82, 2.24) is 4.90 Å². The van der Waals surface area contributed by atoms with Crippen molar-refractivity contribution in [3.63, 3.8) is 0 Å². The molecule has 0 saturated carbocycles. The van der Waals surface area contributed by atoms with Crippen molar-refractivity contribution in [1.29, 1.82) is 0 Å². The Hall–Kier alpha value is -0.883. The first kappa shape index (κ1) is 19.2. The molecular weight excluding hydrogens is 298 g/mol. The van der Waals surface area contributed by atoms with E-state index < -0.39 is 20.0 Å². The summed E-state index contributed by atoms with van der Waals surface area (Å²) in [6, 6.07) is -0.212. The molecule has 0 aromatic heterocycles. The van der Waals surface area contributed by atoms with Gasteiger partial charge in [0, 0.05) is 6.42 Å². The Morgan fingerprint density at radius 2 is 1.77 bits per heavy atom. The van der Waals surface area contributed by atoms with Gasteiger partial charge in [-0.25, -0.2) is 4.79 Å². The lowest BCUT2D eigenvalue weighted by Gasteiger charge is -2.38. The molecule has 0 N–H and O–H groups in total. The van der Waals surface area contributed by atoms with Gasteiger partial charge < -0.3 is 9.16 Å². The number of ether oxygens (including phenoxy) is 1. The van der Waals surface area contributed by atoms with E-state index in [1.165, 1.54) is 4.90 Å². The topological polar surface area (TPSA) is 55.8 Å². The van der Waals surface area contributed by atoms with Gasteiger partial charge in [0.1, 0.15) is 5.60 Å². The number of carbonyl (C=O) groups is 2. The third-order valence-electron chi connectivity index (χ3n) is 4.32. The van der Waals surface area contributed by atoms with Crippen molar-refractivity contribution in [2.45, 2.75) is 77.7 Å². The Morgan fingerprint density at radius 1 is 1.23 bits per heavy atom. The summed E-state index contributed by atoms with van der Waals surface area (Å²) >= 11 is 0. The molecule has 1 atom stereocenters. The number of amides is 1. The van der Waals surface area contributed by atoms with E-state index in [-0.39, 0.29) is 23.4 Å². The lowest BCUT2D eigenvalue weighted by molar-refractivity contribution is -0.117. The molecule has 1 heterocycles. The molecular formula is C16H31NO4Si. The van der Waals surface area contributed by atoms with Gasteiger partial charge in [-0.15, -0.1) is 0 Å². The molecule has 1 saturated heterocycles. The quantitative estimate of drug-likeness (QED) is 0.743. The molecule has 0 aromatic carbocycles. The van der Waals surface area contributed by atoms with Crippen molar-refractivity contribution in [2.75, 3.05) is 13.2 Å². The summed E-state index contributed by atoms with van der Waals surface area (Å²) in [5.41, 5.74) is -0.562. The Labute approximate surface area is 135 Å². The second-order valence-electron chi connectivity index (χ2n) is 8.58. The Kier molecular flexibility index (Phi) is 5.50. The average molecular weight is 330 g/mol. The maximum atomic E-state index is 12.2. The smallest absolute Gasteiger partial charge is 0.411 e. The molecule has 0 spiro atoms. The third-order valence-corrected chi connectivity index (χ3v) is 8.82. The zero-order valence-corrected chi connectivity index (χ0v) is 16.3. The van der Waals surface area contributed by atoms with Gasteiger partial charge in [0.05, 0.1) is 19.2 Å². The van der Waals surface area contributed by atoms with E-state index in [1.54, 1.807) is 0 Å². The van der Waals surface area contributed by atoms with Crippen molar-refractivity contribution in [2.24, 2.45) is 0 Å². The first-order valence-corrected chi connectivity index (χ1v) is 10.8. The van der Waals surface area contributed by atoms with E-state index in [2.05, 4.69) is 33.9 Å². The maximum absolute atomic E-state index is 12.2. The second kappa shape index (κ2) is 6.32. The van der Waals surface area contributed by atoms with Gasteiger partial charge in [0.15, 0.2) is 14.1 Å². The predicted octanol–water partition coefficient (Wildman–Crippen LogP) is 3.59. The van der Waals surface area contributed by atoms with Crippen LogP contribution in [0.4, 0.5) is 4.79 Å². The summed E-state index contributed by atoms with van der Waals surface area (Å²) in [4.78, 5) is 25.5.